The van der Waals surface area contributed by atoms with Crippen LogP contribution in [0, 0.1) is 5.92 Å². The molecule has 1 N–H and O–H groups in total. The van der Waals surface area contributed by atoms with Crippen LogP contribution in [0.5, 0.6) is 0 Å². The van der Waals surface area contributed by atoms with Crippen molar-refractivity contribution in [3.05, 3.63) is 54.1 Å². The van der Waals surface area contributed by atoms with Crippen molar-refractivity contribution in [1.29, 1.82) is 0 Å². The van der Waals surface area contributed by atoms with E-state index in [2.05, 4.69) is 55.3 Å². The van der Waals surface area contributed by atoms with Gasteiger partial charge in [0.25, 0.3) is 0 Å². The second-order valence-corrected chi connectivity index (χ2v) is 13.2. The Balaban J connectivity index is 1.15. The van der Waals surface area contributed by atoms with Crippen molar-refractivity contribution in [3.8, 4) is 0 Å². The molecular weight excluding hydrogens is 519 g/mol. The maximum absolute atomic E-state index is 12.9. The number of carbonyl (C=O) groups is 1. The van der Waals surface area contributed by atoms with E-state index in [0.29, 0.717) is 18.9 Å². The minimum Gasteiger partial charge on any atom is -0.381 e. The van der Waals surface area contributed by atoms with Crippen LogP contribution in [0.3, 0.4) is 0 Å². The van der Waals surface area contributed by atoms with Gasteiger partial charge in [-0.15, -0.1) is 0 Å². The van der Waals surface area contributed by atoms with Crippen molar-refractivity contribution in [2.24, 2.45) is 5.92 Å². The van der Waals surface area contributed by atoms with Crippen LogP contribution in [-0.4, -0.2) is 48.5 Å². The number of likely N-dealkylation sites (tertiary alicyclic amines) is 1. The lowest BCUT2D eigenvalue weighted by molar-refractivity contribution is -0.132. The van der Waals surface area contributed by atoms with E-state index in [-0.39, 0.29) is 34.0 Å². The van der Waals surface area contributed by atoms with Crippen LogP contribution in [0.4, 0.5) is 24.5 Å². The van der Waals surface area contributed by atoms with Crippen LogP contribution in [0.1, 0.15) is 71.3 Å². The molecule has 2 aromatic carbocycles. The molecule has 39 heavy (non-hydrogen) atoms. The minimum atomic E-state index is -4.28. The number of amides is 1. The van der Waals surface area contributed by atoms with E-state index in [1.807, 2.05) is 4.90 Å². The molecular formula is C31H42F3N3OS. The monoisotopic (exact) mass is 561 g/mol. The molecule has 2 saturated heterocycles. The molecule has 2 aliphatic rings. The third kappa shape index (κ3) is 9.09. The average molecular weight is 562 g/mol. The summed E-state index contributed by atoms with van der Waals surface area (Å²) in [5.41, 5.74) is -0.657. The summed E-state index contributed by atoms with van der Waals surface area (Å²) in [7, 11) is 0. The molecule has 0 aromatic heterocycles. The van der Waals surface area contributed by atoms with Gasteiger partial charge in [-0.1, -0.05) is 32.9 Å². The Hall–Kier alpha value is -2.35. The van der Waals surface area contributed by atoms with E-state index in [1.54, 1.807) is 12.1 Å². The summed E-state index contributed by atoms with van der Waals surface area (Å²) in [6.07, 6.45) is 6.83. The van der Waals surface area contributed by atoms with Crippen LogP contribution >= 0.6 is 11.8 Å². The lowest BCUT2D eigenvalue weighted by atomic mass is 9.87. The molecule has 2 aliphatic heterocycles. The number of rotatable bonds is 8. The van der Waals surface area contributed by atoms with Gasteiger partial charge in [0.05, 0.1) is 0 Å². The van der Waals surface area contributed by atoms with Gasteiger partial charge >= 0.3 is 5.51 Å². The Bertz CT molecular complexity index is 1060. The van der Waals surface area contributed by atoms with Crippen molar-refractivity contribution in [3.63, 3.8) is 0 Å². The van der Waals surface area contributed by atoms with Crippen LogP contribution in [-0.2, 0) is 10.2 Å². The number of hydrogen-bond acceptors (Lipinski definition) is 4. The second-order valence-electron chi connectivity index (χ2n) is 12.0. The molecule has 214 valence electrons. The minimum absolute atomic E-state index is 0.105. The van der Waals surface area contributed by atoms with Crippen LogP contribution in [0.2, 0.25) is 0 Å². The van der Waals surface area contributed by atoms with Crippen molar-refractivity contribution >= 4 is 29.0 Å². The summed E-state index contributed by atoms with van der Waals surface area (Å²) < 4.78 is 37.7. The summed E-state index contributed by atoms with van der Waals surface area (Å²) >= 11 is -0.105. The van der Waals surface area contributed by atoms with Crippen LogP contribution in [0.25, 0.3) is 0 Å². The zero-order valence-electron chi connectivity index (χ0n) is 23.4. The Morgan fingerprint density at radius 2 is 1.62 bits per heavy atom. The fraction of sp³-hybridized carbons (Fsp3) is 0.581. The van der Waals surface area contributed by atoms with Gasteiger partial charge < -0.3 is 15.1 Å². The largest absolute Gasteiger partial charge is 0.446 e. The number of piperidine rings is 2. The number of carbonyl (C=O) groups excluding carboxylic acids is 1. The van der Waals surface area contributed by atoms with Gasteiger partial charge in [-0.25, -0.2) is 0 Å². The lowest BCUT2D eigenvalue weighted by Crippen LogP contribution is -2.45. The number of thioether (sulfide) groups is 1. The van der Waals surface area contributed by atoms with E-state index in [4.69, 9.17) is 0 Å². The van der Waals surface area contributed by atoms with Gasteiger partial charge in [0.15, 0.2) is 0 Å². The molecule has 0 saturated carbocycles. The topological polar surface area (TPSA) is 35.6 Å². The molecule has 4 nitrogen and oxygen atoms in total. The predicted octanol–water partition coefficient (Wildman–Crippen LogP) is 8.09. The zero-order chi connectivity index (χ0) is 28.0. The molecule has 2 aromatic rings. The normalized spacial score (nSPS) is 19.3. The number of halogens is 3. The van der Waals surface area contributed by atoms with Gasteiger partial charge in [-0.05, 0) is 104 Å². The summed E-state index contributed by atoms with van der Waals surface area (Å²) in [6, 6.07) is 15.5. The number of benzene rings is 2. The van der Waals surface area contributed by atoms with E-state index < -0.39 is 5.51 Å². The summed E-state index contributed by atoms with van der Waals surface area (Å²) in [5.74, 6) is 0.895. The highest BCUT2D eigenvalue weighted by molar-refractivity contribution is 8.00. The first kappa shape index (κ1) is 29.6. The van der Waals surface area contributed by atoms with Crippen molar-refractivity contribution in [2.75, 3.05) is 36.4 Å². The molecule has 0 spiro atoms. The smallest absolute Gasteiger partial charge is 0.381 e. The molecule has 2 heterocycles. The third-order valence-electron chi connectivity index (χ3n) is 7.95. The van der Waals surface area contributed by atoms with E-state index in [1.165, 1.54) is 36.2 Å². The highest BCUT2D eigenvalue weighted by Gasteiger charge is 2.29. The number of alkyl halides is 3. The third-order valence-corrected chi connectivity index (χ3v) is 8.69. The number of hydrogen-bond donors (Lipinski definition) is 1. The number of nitrogens with one attached hydrogen (secondary N) is 1. The Kier molecular flexibility index (Phi) is 9.78. The first-order valence-corrected chi connectivity index (χ1v) is 15.0. The molecule has 0 unspecified atom stereocenters. The SMILES string of the molecule is CC(C)(C)c1ccc(N2CCC(CCCC(=O)N3CCC[C@H](Nc4ccc(SC(F)(F)F)cc4)C3)CC2)cc1. The first-order valence-electron chi connectivity index (χ1n) is 14.2. The van der Waals surface area contributed by atoms with E-state index in [9.17, 15) is 18.0 Å². The van der Waals surface area contributed by atoms with Crippen LogP contribution in [0.15, 0.2) is 53.4 Å². The number of nitrogens with zero attached hydrogens (tertiary/aromatic N) is 2. The van der Waals surface area contributed by atoms with Crippen molar-refractivity contribution < 1.29 is 18.0 Å². The van der Waals surface area contributed by atoms with Gasteiger partial charge in [0.1, 0.15) is 0 Å². The predicted molar refractivity (Wildman–Crippen MR) is 156 cm³/mol. The van der Waals surface area contributed by atoms with Gasteiger partial charge in [0.2, 0.25) is 5.91 Å². The fourth-order valence-corrected chi connectivity index (χ4v) is 6.20. The maximum atomic E-state index is 12.9. The Labute approximate surface area is 235 Å². The molecule has 1 amide bonds. The summed E-state index contributed by atoms with van der Waals surface area (Å²) in [4.78, 5) is 17.5. The fourth-order valence-electron chi connectivity index (χ4n) is 5.66. The Morgan fingerprint density at radius 1 is 0.949 bits per heavy atom. The maximum Gasteiger partial charge on any atom is 0.446 e. The lowest BCUT2D eigenvalue weighted by Gasteiger charge is -2.35. The van der Waals surface area contributed by atoms with Crippen molar-refractivity contribution in [1.82, 2.24) is 4.90 Å². The van der Waals surface area contributed by atoms with Gasteiger partial charge in [0, 0.05) is 54.9 Å². The van der Waals surface area contributed by atoms with Crippen LogP contribution < -0.4 is 10.2 Å². The summed E-state index contributed by atoms with van der Waals surface area (Å²) in [5, 5.41) is 3.40. The molecule has 8 heteroatoms. The molecule has 1 atom stereocenters. The highest BCUT2D eigenvalue weighted by atomic mass is 32.2. The van der Waals surface area contributed by atoms with E-state index in [0.717, 1.165) is 51.0 Å². The standard InChI is InChI=1S/C31H42F3N3OS/c1-30(2,3)24-9-13-27(14-10-24)36-20-17-23(18-21-36)6-4-8-29(38)37-19-5-7-26(22-37)35-25-11-15-28(16-12-25)39-31(32,33)34/h9-16,23,26,35H,4-8,17-22H2,1-3H3/t26-/m0/s1. The summed E-state index contributed by atoms with van der Waals surface area (Å²) in [6.45, 7) is 10.3. The van der Waals surface area contributed by atoms with Gasteiger partial charge in [-0.3, -0.25) is 4.79 Å². The molecule has 0 bridgehead atoms. The Morgan fingerprint density at radius 3 is 2.23 bits per heavy atom. The number of anilines is 2. The zero-order valence-corrected chi connectivity index (χ0v) is 24.2. The van der Waals surface area contributed by atoms with Gasteiger partial charge in [-0.2, -0.15) is 13.2 Å². The van der Waals surface area contributed by atoms with E-state index >= 15 is 0 Å². The quantitative estimate of drug-likeness (QED) is 0.331. The second kappa shape index (κ2) is 12.9. The highest BCUT2D eigenvalue weighted by Crippen LogP contribution is 2.37. The molecule has 2 fully saturated rings. The molecule has 0 radical (unpaired) electrons. The van der Waals surface area contributed by atoms with Crippen molar-refractivity contribution in [2.45, 2.75) is 87.6 Å². The average Bonchev–Trinajstić information content (AvgIpc) is 2.89. The molecule has 0 aliphatic carbocycles. The molecule has 4 rings (SSSR count). The first-order chi connectivity index (χ1) is 18.5.